The molecule has 0 radical (unpaired) electrons. The lowest BCUT2D eigenvalue weighted by Gasteiger charge is -2.07. The van der Waals surface area contributed by atoms with Crippen LogP contribution in [0.4, 0.5) is 0 Å². The first-order valence-corrected chi connectivity index (χ1v) is 16.7. The highest BCUT2D eigenvalue weighted by Gasteiger charge is 2.19. The molecule has 0 unspecified atom stereocenters. The molecule has 0 aliphatic carbocycles. The fourth-order valence-corrected chi connectivity index (χ4v) is 7.07. The quantitative estimate of drug-likeness (QED) is 0.199. The number of hydrogen-bond donors (Lipinski definition) is 2. The predicted octanol–water partition coefficient (Wildman–Crippen LogP) is 12.0. The van der Waals surface area contributed by atoms with E-state index in [0.29, 0.717) is 5.02 Å². The van der Waals surface area contributed by atoms with Gasteiger partial charge in [-0.3, -0.25) is 0 Å². The van der Waals surface area contributed by atoms with Gasteiger partial charge in [0.25, 0.3) is 0 Å². The molecule has 0 saturated heterocycles. The molecule has 2 N–H and O–H groups in total. The highest BCUT2D eigenvalue weighted by molar-refractivity contribution is 6.31. The number of nitrogens with zero attached hydrogens (tertiary/aromatic N) is 2. The van der Waals surface area contributed by atoms with Crippen LogP contribution in [0.1, 0.15) is 22.8 Å². The van der Waals surface area contributed by atoms with Gasteiger partial charge >= 0.3 is 0 Å². The number of hydrogen-bond acceptors (Lipinski definition) is 2. The summed E-state index contributed by atoms with van der Waals surface area (Å²) >= 11 is 6.59. The monoisotopic (exact) mass is 648 g/mol. The Morgan fingerprint density at radius 2 is 0.714 bits per heavy atom. The minimum atomic E-state index is 0.677. The summed E-state index contributed by atoms with van der Waals surface area (Å²) in [6.07, 6.45) is 8.45. The molecule has 0 atom stereocenters. The molecule has 4 aromatic carbocycles. The first-order valence-electron chi connectivity index (χ1n) is 16.3. The summed E-state index contributed by atoms with van der Waals surface area (Å²) in [5.41, 5.74) is 15.6. The topological polar surface area (TPSA) is 57.4 Å². The molecule has 3 aromatic heterocycles. The van der Waals surface area contributed by atoms with Crippen molar-refractivity contribution in [1.82, 2.24) is 19.9 Å². The number of rotatable bonds is 4. The van der Waals surface area contributed by atoms with Gasteiger partial charge in [0.2, 0.25) is 0 Å². The Balaban J connectivity index is 1.49. The summed E-state index contributed by atoms with van der Waals surface area (Å²) in [5, 5.41) is 0.677. The minimum absolute atomic E-state index is 0.677. The van der Waals surface area contributed by atoms with Gasteiger partial charge in [-0.05, 0) is 83.0 Å². The first kappa shape index (κ1) is 29.0. The van der Waals surface area contributed by atoms with Gasteiger partial charge in [0.15, 0.2) is 0 Å². The molecular formula is C44H29ClN4. The van der Waals surface area contributed by atoms with Gasteiger partial charge in [-0.2, -0.15) is 0 Å². The molecule has 0 saturated carbocycles. The summed E-state index contributed by atoms with van der Waals surface area (Å²) in [5.74, 6) is 0. The Kier molecular flexibility index (Phi) is 7.15. The summed E-state index contributed by atoms with van der Waals surface area (Å²) in [7, 11) is 0. The first-order chi connectivity index (χ1) is 24.2. The van der Waals surface area contributed by atoms with Crippen molar-refractivity contribution in [2.24, 2.45) is 0 Å². The van der Waals surface area contributed by atoms with Gasteiger partial charge in [-0.1, -0.05) is 115 Å². The smallest absolute Gasteiger partial charge is 0.0738 e. The zero-order valence-electron chi connectivity index (χ0n) is 26.4. The van der Waals surface area contributed by atoms with Crippen LogP contribution in [0, 0.1) is 0 Å². The second-order valence-electron chi connectivity index (χ2n) is 12.1. The van der Waals surface area contributed by atoms with Crippen LogP contribution in [0.3, 0.4) is 0 Å². The summed E-state index contributed by atoms with van der Waals surface area (Å²) in [4.78, 5) is 18.2. The van der Waals surface area contributed by atoms with Crippen LogP contribution in [-0.4, -0.2) is 19.9 Å². The van der Waals surface area contributed by atoms with E-state index in [-0.39, 0.29) is 0 Å². The normalized spacial score (nSPS) is 12.0. The molecule has 2 aliphatic rings. The summed E-state index contributed by atoms with van der Waals surface area (Å²) in [6.45, 7) is 0. The van der Waals surface area contributed by atoms with Crippen LogP contribution in [0.25, 0.3) is 90.9 Å². The van der Waals surface area contributed by atoms with Crippen molar-refractivity contribution < 1.29 is 0 Å². The van der Waals surface area contributed by atoms with Crippen molar-refractivity contribution >= 4 is 58.0 Å². The van der Waals surface area contributed by atoms with E-state index in [1.54, 1.807) is 0 Å². The maximum absolute atomic E-state index is 6.59. The summed E-state index contributed by atoms with van der Waals surface area (Å²) in [6, 6.07) is 47.9. The van der Waals surface area contributed by atoms with E-state index in [1.807, 2.05) is 36.4 Å². The second kappa shape index (κ2) is 12.1. The van der Waals surface area contributed by atoms with Gasteiger partial charge in [0, 0.05) is 49.3 Å². The molecule has 9 rings (SSSR count). The number of benzene rings is 4. The van der Waals surface area contributed by atoms with Crippen molar-refractivity contribution in [2.45, 2.75) is 0 Å². The molecule has 232 valence electrons. The number of nitrogens with one attached hydrogen (secondary N) is 2. The van der Waals surface area contributed by atoms with Gasteiger partial charge in [-0.15, -0.1) is 0 Å². The molecule has 5 heterocycles. The van der Waals surface area contributed by atoms with Gasteiger partial charge in [0.1, 0.15) is 0 Å². The van der Waals surface area contributed by atoms with Gasteiger partial charge < -0.3 is 9.97 Å². The molecular weight excluding hydrogens is 620 g/mol. The van der Waals surface area contributed by atoms with Gasteiger partial charge in [-0.25, -0.2) is 9.97 Å². The molecule has 5 heteroatoms. The van der Waals surface area contributed by atoms with Crippen LogP contribution in [-0.2, 0) is 0 Å². The third kappa shape index (κ3) is 5.29. The fourth-order valence-electron chi connectivity index (χ4n) is 6.88. The molecule has 0 amide bonds. The maximum Gasteiger partial charge on any atom is 0.0738 e. The molecule has 49 heavy (non-hydrogen) atoms. The van der Waals surface area contributed by atoms with Crippen molar-refractivity contribution in [3.8, 4) is 44.5 Å². The zero-order chi connectivity index (χ0) is 32.7. The van der Waals surface area contributed by atoms with Gasteiger partial charge in [0.05, 0.1) is 22.8 Å². The fraction of sp³-hybridized carbons (Fsp3) is 0. The number of fused-ring (bicyclic) bond motifs is 8. The Bertz CT molecular complexity index is 2460. The van der Waals surface area contributed by atoms with Crippen LogP contribution >= 0.6 is 11.6 Å². The highest BCUT2D eigenvalue weighted by Crippen LogP contribution is 2.38. The van der Waals surface area contributed by atoms with E-state index in [9.17, 15) is 0 Å². The van der Waals surface area contributed by atoms with E-state index in [0.717, 1.165) is 89.4 Å². The number of aromatic nitrogens is 4. The van der Waals surface area contributed by atoms with Crippen molar-refractivity contribution in [1.29, 1.82) is 0 Å². The third-order valence-electron chi connectivity index (χ3n) is 9.05. The second-order valence-corrected chi connectivity index (χ2v) is 12.5. The van der Waals surface area contributed by atoms with Crippen LogP contribution in [0.15, 0.2) is 140 Å². The molecule has 8 bridgehead atoms. The molecule has 0 fully saturated rings. The average Bonchev–Trinajstić information content (AvgIpc) is 3.97. The lowest BCUT2D eigenvalue weighted by atomic mass is 10.0. The number of aromatic amines is 2. The van der Waals surface area contributed by atoms with Crippen LogP contribution < -0.4 is 0 Å². The standard InChI is InChI=1S/C44H29ClN4/c45-32-18-10-17-31(27-32)44-39-25-23-37(48-39)42(29-13-6-2-7-14-29)35-21-19-33(46-35)41(28-11-4-1-5-12-28)34-20-22-36(47-34)43(30-15-8-3-9-16-30)38-24-26-40(44)49-38/h1-27,48-49H. The Hall–Kier alpha value is -6.23. The van der Waals surface area contributed by atoms with E-state index in [1.165, 1.54) is 0 Å². The molecule has 0 spiro atoms. The van der Waals surface area contributed by atoms with E-state index in [2.05, 4.69) is 137 Å². The number of halogens is 1. The maximum atomic E-state index is 6.59. The highest BCUT2D eigenvalue weighted by atomic mass is 35.5. The lowest BCUT2D eigenvalue weighted by molar-refractivity contribution is 1.28. The predicted molar refractivity (Wildman–Crippen MR) is 206 cm³/mol. The molecule has 2 aliphatic heterocycles. The van der Waals surface area contributed by atoms with Crippen molar-refractivity contribution in [2.75, 3.05) is 0 Å². The Morgan fingerprint density at radius 1 is 0.347 bits per heavy atom. The molecule has 7 aromatic rings. The van der Waals surface area contributed by atoms with E-state index >= 15 is 0 Å². The van der Waals surface area contributed by atoms with Crippen LogP contribution in [0.5, 0.6) is 0 Å². The Labute approximate surface area is 288 Å². The minimum Gasteiger partial charge on any atom is -0.354 e. The van der Waals surface area contributed by atoms with Crippen molar-refractivity contribution in [3.63, 3.8) is 0 Å². The third-order valence-corrected chi connectivity index (χ3v) is 9.29. The summed E-state index contributed by atoms with van der Waals surface area (Å²) < 4.78 is 0. The zero-order valence-corrected chi connectivity index (χ0v) is 27.1. The van der Waals surface area contributed by atoms with E-state index < -0.39 is 0 Å². The SMILES string of the molecule is Clc1cccc(-c2c3ccc([nH]3)c(-c3ccccc3)c3nc(c(-c4ccccc4)c4nc(c(-c5ccccc5)c5ccc2[nH]5)C=C4)C=C3)c1. The lowest BCUT2D eigenvalue weighted by Crippen LogP contribution is -1.91. The largest absolute Gasteiger partial charge is 0.354 e. The van der Waals surface area contributed by atoms with Crippen molar-refractivity contribution in [3.05, 3.63) is 167 Å². The Morgan fingerprint density at radius 3 is 1.14 bits per heavy atom. The molecule has 4 nitrogen and oxygen atoms in total. The number of H-pyrrole nitrogens is 2. The van der Waals surface area contributed by atoms with Crippen LogP contribution in [0.2, 0.25) is 5.02 Å². The van der Waals surface area contributed by atoms with E-state index in [4.69, 9.17) is 21.6 Å². The average molecular weight is 649 g/mol.